The third-order valence-corrected chi connectivity index (χ3v) is 9.06. The van der Waals surface area contributed by atoms with E-state index in [1.165, 1.54) is 16.7 Å². The van der Waals surface area contributed by atoms with Gasteiger partial charge in [-0.05, 0) is 40.5 Å². The molecule has 0 saturated carbocycles. The Labute approximate surface area is 254 Å². The predicted octanol–water partition coefficient (Wildman–Crippen LogP) is 5.28. The Balaban J connectivity index is 1.44. The molecule has 1 saturated heterocycles. The minimum atomic E-state index is -1.23. The molecule has 2 amide bonds. The molecule has 3 aromatic carbocycles. The summed E-state index contributed by atoms with van der Waals surface area (Å²) in [5.41, 5.74) is 4.00. The lowest BCUT2D eigenvalue weighted by molar-refractivity contribution is -0.160. The normalized spacial score (nSPS) is 19.7. The molecule has 1 fully saturated rings. The van der Waals surface area contributed by atoms with Crippen molar-refractivity contribution in [3.05, 3.63) is 154 Å². The average molecular weight is 588 g/mol. The number of fused-ring (bicyclic) bond motifs is 1. The van der Waals surface area contributed by atoms with E-state index in [1.807, 2.05) is 109 Å². The number of pyridine rings is 1. The topological polar surface area (TPSA) is 99.6 Å². The van der Waals surface area contributed by atoms with Gasteiger partial charge < -0.3 is 15.3 Å². The molecule has 2 aliphatic rings. The van der Waals surface area contributed by atoms with Crippen LogP contribution in [0.15, 0.2) is 132 Å². The van der Waals surface area contributed by atoms with Crippen LogP contribution < -0.4 is 5.32 Å². The van der Waals surface area contributed by atoms with Crippen molar-refractivity contribution >= 4 is 35.6 Å². The van der Waals surface area contributed by atoms with Gasteiger partial charge in [0.25, 0.3) is 0 Å². The number of aliphatic carboxylic acids is 1. The summed E-state index contributed by atoms with van der Waals surface area (Å²) in [6.07, 6.45) is 5.35. The van der Waals surface area contributed by atoms with Crippen molar-refractivity contribution in [2.24, 2.45) is 0 Å². The molecule has 0 aliphatic carbocycles. The highest BCUT2D eigenvalue weighted by atomic mass is 32.2. The Morgan fingerprint density at radius 3 is 2.05 bits per heavy atom. The average Bonchev–Trinajstić information content (AvgIpc) is 3.04. The van der Waals surface area contributed by atoms with Gasteiger partial charge in [-0.1, -0.05) is 103 Å². The van der Waals surface area contributed by atoms with Gasteiger partial charge in [-0.15, -0.1) is 11.8 Å². The van der Waals surface area contributed by atoms with Gasteiger partial charge in [0.15, 0.2) is 6.04 Å². The molecule has 2 N–H and O–H groups in total. The van der Waals surface area contributed by atoms with Gasteiger partial charge in [0, 0.05) is 17.0 Å². The number of carbonyl (C=O) groups excluding carboxylic acids is 2. The maximum absolute atomic E-state index is 13.5. The van der Waals surface area contributed by atoms with Crippen LogP contribution in [0.3, 0.4) is 0 Å². The zero-order valence-corrected chi connectivity index (χ0v) is 23.9. The zero-order valence-electron chi connectivity index (χ0n) is 23.1. The number of rotatable bonds is 9. The van der Waals surface area contributed by atoms with Gasteiger partial charge in [0.1, 0.15) is 11.4 Å². The second-order valence-electron chi connectivity index (χ2n) is 10.4. The van der Waals surface area contributed by atoms with E-state index in [0.717, 1.165) is 21.6 Å². The van der Waals surface area contributed by atoms with Gasteiger partial charge in [-0.3, -0.25) is 14.6 Å². The SMILES string of the molecule is O=C(Cc1ccccc1)NC1C(=O)N2C(C(=O)O)C(C=Cc3ccccn3)=C(C(c3ccccc3)c3ccccc3)S[C@H]12. The minimum Gasteiger partial charge on any atom is -0.479 e. The number of nitrogens with one attached hydrogen (secondary N) is 1. The first-order chi connectivity index (χ1) is 21.0. The minimum absolute atomic E-state index is 0.127. The van der Waals surface area contributed by atoms with Gasteiger partial charge >= 0.3 is 5.97 Å². The molecule has 3 heterocycles. The van der Waals surface area contributed by atoms with E-state index < -0.39 is 29.3 Å². The molecule has 0 radical (unpaired) electrons. The Hall–Kier alpha value is -4.95. The number of nitrogens with zero attached hydrogens (tertiary/aromatic N) is 2. The van der Waals surface area contributed by atoms with E-state index in [1.54, 1.807) is 18.3 Å². The highest BCUT2D eigenvalue weighted by Crippen LogP contribution is 2.51. The number of aromatic nitrogens is 1. The third kappa shape index (κ3) is 5.87. The number of hydrogen-bond donors (Lipinski definition) is 2. The number of allylic oxidation sites excluding steroid dienone is 1. The van der Waals surface area contributed by atoms with E-state index in [4.69, 9.17) is 0 Å². The lowest BCUT2D eigenvalue weighted by Crippen LogP contribution is -2.74. The summed E-state index contributed by atoms with van der Waals surface area (Å²) < 4.78 is 0. The molecular weight excluding hydrogens is 558 g/mol. The van der Waals surface area contributed by atoms with E-state index in [0.29, 0.717) is 11.3 Å². The highest BCUT2D eigenvalue weighted by Gasteiger charge is 2.57. The molecule has 4 aromatic rings. The van der Waals surface area contributed by atoms with Crippen LogP contribution >= 0.6 is 11.8 Å². The van der Waals surface area contributed by atoms with Crippen LogP contribution in [0.1, 0.15) is 28.3 Å². The maximum atomic E-state index is 13.5. The van der Waals surface area contributed by atoms with Crippen LogP contribution in [0, 0.1) is 0 Å². The summed E-state index contributed by atoms with van der Waals surface area (Å²) in [6, 6.07) is 32.6. The first-order valence-electron chi connectivity index (χ1n) is 14.0. The zero-order chi connectivity index (χ0) is 29.8. The van der Waals surface area contributed by atoms with Crippen LogP contribution in [0.25, 0.3) is 6.08 Å². The van der Waals surface area contributed by atoms with Crippen molar-refractivity contribution in [1.29, 1.82) is 0 Å². The molecule has 43 heavy (non-hydrogen) atoms. The molecule has 0 bridgehead atoms. The third-order valence-electron chi connectivity index (χ3n) is 7.59. The summed E-state index contributed by atoms with van der Waals surface area (Å²) in [4.78, 5) is 46.0. The Morgan fingerprint density at radius 2 is 1.47 bits per heavy atom. The summed E-state index contributed by atoms with van der Waals surface area (Å²) in [5, 5.41) is 12.9. The second kappa shape index (κ2) is 12.5. The molecule has 1 aromatic heterocycles. The number of benzene rings is 3. The van der Waals surface area contributed by atoms with Crippen molar-refractivity contribution in [2.45, 2.75) is 29.8 Å². The number of hydrogen-bond acceptors (Lipinski definition) is 5. The lowest BCUT2D eigenvalue weighted by atomic mass is 9.86. The molecule has 2 aliphatic heterocycles. The number of β-lactam (4-membered cyclic amide) rings is 1. The smallest absolute Gasteiger partial charge is 0.331 e. The monoisotopic (exact) mass is 587 g/mol. The van der Waals surface area contributed by atoms with E-state index in [9.17, 15) is 19.5 Å². The lowest BCUT2D eigenvalue weighted by Gasteiger charge is -2.53. The van der Waals surface area contributed by atoms with Gasteiger partial charge in [-0.2, -0.15) is 0 Å². The summed E-state index contributed by atoms with van der Waals surface area (Å²) in [6.45, 7) is 0. The van der Waals surface area contributed by atoms with Crippen molar-refractivity contribution in [3.8, 4) is 0 Å². The van der Waals surface area contributed by atoms with Crippen molar-refractivity contribution < 1.29 is 19.5 Å². The summed E-state index contributed by atoms with van der Waals surface area (Å²) in [5.74, 6) is -2.13. The first-order valence-corrected chi connectivity index (χ1v) is 14.9. The fourth-order valence-corrected chi connectivity index (χ4v) is 7.25. The number of thioether (sulfide) groups is 1. The van der Waals surface area contributed by atoms with Gasteiger partial charge in [0.2, 0.25) is 11.8 Å². The van der Waals surface area contributed by atoms with Gasteiger partial charge in [0.05, 0.1) is 12.1 Å². The summed E-state index contributed by atoms with van der Waals surface area (Å²) in [7, 11) is 0. The van der Waals surface area contributed by atoms with Crippen LogP contribution in [0.4, 0.5) is 0 Å². The Morgan fingerprint density at radius 1 is 0.860 bits per heavy atom. The fraction of sp³-hybridized carbons (Fsp3) is 0.143. The first kappa shape index (κ1) is 28.2. The second-order valence-corrected chi connectivity index (χ2v) is 11.5. The largest absolute Gasteiger partial charge is 0.479 e. The molecular formula is C35H29N3O4S. The molecule has 2 unspecified atom stereocenters. The van der Waals surface area contributed by atoms with Gasteiger partial charge in [-0.25, -0.2) is 4.79 Å². The van der Waals surface area contributed by atoms with E-state index >= 15 is 0 Å². The van der Waals surface area contributed by atoms with Crippen molar-refractivity contribution in [1.82, 2.24) is 15.2 Å². The van der Waals surface area contributed by atoms with E-state index in [-0.39, 0.29) is 18.2 Å². The molecule has 3 atom stereocenters. The van der Waals surface area contributed by atoms with Crippen molar-refractivity contribution in [3.63, 3.8) is 0 Å². The maximum Gasteiger partial charge on any atom is 0.331 e. The fourth-order valence-electron chi connectivity index (χ4n) is 5.60. The predicted molar refractivity (Wildman–Crippen MR) is 167 cm³/mol. The quantitative estimate of drug-likeness (QED) is 0.259. The molecule has 7 nitrogen and oxygen atoms in total. The number of carbonyl (C=O) groups is 3. The number of carboxylic acid groups (broad SMARTS) is 1. The van der Waals surface area contributed by atoms with Crippen molar-refractivity contribution in [2.75, 3.05) is 0 Å². The molecule has 214 valence electrons. The Bertz CT molecular complexity index is 1640. The van der Waals surface area contributed by atoms with E-state index in [2.05, 4.69) is 10.3 Å². The molecule has 6 rings (SSSR count). The van der Waals surface area contributed by atoms with Crippen LogP contribution in [0.5, 0.6) is 0 Å². The molecule has 8 heteroatoms. The highest BCUT2D eigenvalue weighted by molar-refractivity contribution is 8.04. The standard InChI is InChI=1S/C35H29N3O4S/c39-28(22-23-12-4-1-5-13-23)37-30-33(40)38-31(35(41)42)27(20-19-26-18-10-11-21-36-26)32(43-34(30)38)29(24-14-6-2-7-15-24)25-16-8-3-9-17-25/h1-21,29-31,34H,22H2,(H,37,39)(H,41,42)/t30?,31?,34-/m1/s1. The van der Waals surface area contributed by atoms with Crippen LogP contribution in [0.2, 0.25) is 0 Å². The Kier molecular flexibility index (Phi) is 8.20. The number of amides is 2. The number of carboxylic acids is 1. The molecule has 0 spiro atoms. The van der Waals surface area contributed by atoms with Crippen LogP contribution in [-0.4, -0.2) is 50.2 Å². The summed E-state index contributed by atoms with van der Waals surface area (Å²) >= 11 is 1.44. The van der Waals surface area contributed by atoms with Crippen LogP contribution in [-0.2, 0) is 20.8 Å².